The quantitative estimate of drug-likeness (QED) is 0.226. The number of rotatable bonds is 9. The topological polar surface area (TPSA) is 0 Å². The van der Waals surface area contributed by atoms with E-state index in [0.717, 1.165) is 0 Å². The van der Waals surface area contributed by atoms with Crippen LogP contribution in [0.1, 0.15) is 132 Å². The summed E-state index contributed by atoms with van der Waals surface area (Å²) < 4.78 is 0.335. The molecule has 0 spiro atoms. The summed E-state index contributed by atoms with van der Waals surface area (Å²) in [6.07, 6.45) is 5.24. The van der Waals surface area contributed by atoms with E-state index in [4.69, 9.17) is 18.6 Å². The van der Waals surface area contributed by atoms with Crippen LogP contribution in [0.25, 0.3) is 12.2 Å². The Morgan fingerprint density at radius 1 is 0.568 bits per heavy atom. The molecule has 2 aliphatic rings. The van der Waals surface area contributed by atoms with Crippen LogP contribution < -0.4 is 0 Å². The summed E-state index contributed by atoms with van der Waals surface area (Å²) in [7, 11) is 14.2. The molecule has 0 fully saturated rings. The van der Waals surface area contributed by atoms with Gasteiger partial charge in [0.05, 0.1) is 0 Å². The van der Waals surface area contributed by atoms with E-state index >= 15 is 0 Å². The van der Waals surface area contributed by atoms with Crippen molar-refractivity contribution in [1.82, 2.24) is 0 Å². The van der Waals surface area contributed by atoms with Gasteiger partial charge < -0.3 is 0 Å². The van der Waals surface area contributed by atoms with Crippen molar-refractivity contribution in [1.29, 1.82) is 0 Å². The maximum absolute atomic E-state index is 8.91. The van der Waals surface area contributed by atoms with Gasteiger partial charge in [0.25, 0.3) is 0 Å². The molecule has 2 aromatic carbocycles. The Morgan fingerprint density at radius 3 is 1.11 bits per heavy atom. The van der Waals surface area contributed by atoms with Gasteiger partial charge in [-0.15, -0.1) is 0 Å². The van der Waals surface area contributed by atoms with Crippen LogP contribution in [-0.2, 0) is 12.4 Å². The van der Waals surface area contributed by atoms with Crippen LogP contribution in [0.3, 0.4) is 0 Å². The first-order chi connectivity index (χ1) is 19.9. The Hall–Kier alpha value is -0.135. The average Bonchev–Trinajstić information content (AvgIpc) is 3.47. The second-order valence-electron chi connectivity index (χ2n) is 17.8. The Kier molecular flexibility index (Phi) is 10.1. The summed E-state index contributed by atoms with van der Waals surface area (Å²) in [6.45, 7) is 37.4. The first kappa shape index (κ1) is 36.7. The SMILES string of the molecule is CC(C)c1cc(C(C)C)c2c(c1)[CH]([Ti]([Cl])([Cl])([CH]1C([Si](C)(C)C)=Cc3c(C(C)C)cc(C(C)C)cc31)[SiH](C)C)C([Si](C)(C)C)=C2. The third kappa shape index (κ3) is 6.01. The molecule has 0 saturated carbocycles. The van der Waals surface area contributed by atoms with Gasteiger partial charge in [-0.3, -0.25) is 0 Å². The molecular weight excluding hydrogens is 659 g/mol. The standard InChI is InChI=1S/2C18H27Si.C2H7Si.2ClH.Ti/c2*1-12(2)14-8-15-9-16(19(5,6)7)11-18(15)17(10-14)13(3)4;1-3-2;;;/h2*8-13H,1-7H3;3H,1-2H3;2*1H;/q;;;;;+2/p-2. The van der Waals surface area contributed by atoms with Crippen LogP contribution >= 0.6 is 18.6 Å². The molecule has 0 N–H and O–H groups in total. The van der Waals surface area contributed by atoms with Crippen molar-refractivity contribution >= 4 is 53.6 Å². The minimum atomic E-state index is -4.57. The van der Waals surface area contributed by atoms with E-state index in [1.54, 1.807) is 10.4 Å². The number of halogens is 2. The fourth-order valence-corrected chi connectivity index (χ4v) is 40.4. The zero-order chi connectivity index (χ0) is 33.5. The summed E-state index contributed by atoms with van der Waals surface area (Å²) >= 11 is -4.57. The van der Waals surface area contributed by atoms with Gasteiger partial charge in [0, 0.05) is 0 Å². The van der Waals surface area contributed by atoms with Crippen LogP contribution in [0.4, 0.5) is 0 Å². The molecule has 0 aromatic heterocycles. The van der Waals surface area contributed by atoms with Crippen LogP contribution in [0.2, 0.25) is 52.4 Å². The molecule has 44 heavy (non-hydrogen) atoms. The van der Waals surface area contributed by atoms with E-state index in [0.29, 0.717) is 23.7 Å². The van der Waals surface area contributed by atoms with E-state index in [-0.39, 0.29) is 8.45 Å². The van der Waals surface area contributed by atoms with Gasteiger partial charge >= 0.3 is 285 Å². The van der Waals surface area contributed by atoms with Gasteiger partial charge in [-0.25, -0.2) is 0 Å². The summed E-state index contributed by atoms with van der Waals surface area (Å²) in [5.41, 5.74) is 11.7. The molecule has 0 radical (unpaired) electrons. The molecule has 2 unspecified atom stereocenters. The van der Waals surface area contributed by atoms with E-state index in [1.165, 1.54) is 44.5 Å². The monoisotopic (exact) mass is 719 g/mol. The summed E-state index contributed by atoms with van der Waals surface area (Å²) in [4.78, 5) is 0. The van der Waals surface area contributed by atoms with Gasteiger partial charge in [0.15, 0.2) is 0 Å². The Morgan fingerprint density at radius 2 is 0.886 bits per heavy atom. The first-order valence-electron chi connectivity index (χ1n) is 17.3. The summed E-state index contributed by atoms with van der Waals surface area (Å²) in [5.74, 6) is 1.82. The Labute approximate surface area is 283 Å². The molecule has 243 valence electrons. The molecule has 0 nitrogen and oxygen atoms in total. The molecule has 0 heterocycles. The van der Waals surface area contributed by atoms with Gasteiger partial charge in [-0.2, -0.15) is 0 Å². The van der Waals surface area contributed by atoms with Crippen LogP contribution in [0.15, 0.2) is 34.7 Å². The molecule has 4 rings (SSSR count). The Balaban J connectivity index is 2.21. The van der Waals surface area contributed by atoms with Crippen molar-refractivity contribution in [2.45, 2.75) is 140 Å². The van der Waals surface area contributed by atoms with Gasteiger partial charge in [-0.05, 0) is 0 Å². The Bertz CT molecular complexity index is 1410. The second kappa shape index (κ2) is 12.1. The predicted molar refractivity (Wildman–Crippen MR) is 208 cm³/mol. The van der Waals surface area contributed by atoms with E-state index in [1.807, 2.05) is 0 Å². The zero-order valence-electron chi connectivity index (χ0n) is 30.8. The van der Waals surface area contributed by atoms with Gasteiger partial charge in [0.2, 0.25) is 0 Å². The van der Waals surface area contributed by atoms with Crippen molar-refractivity contribution in [3.05, 3.63) is 79.2 Å². The van der Waals surface area contributed by atoms with E-state index in [9.17, 15) is 0 Å². The summed E-state index contributed by atoms with van der Waals surface area (Å²) in [5, 5.41) is 3.23. The van der Waals surface area contributed by atoms with Crippen LogP contribution in [0, 0.1) is 0 Å². The molecule has 0 bridgehead atoms. The van der Waals surface area contributed by atoms with Crippen molar-refractivity contribution in [3.8, 4) is 0 Å². The van der Waals surface area contributed by atoms with E-state index in [2.05, 4.69) is 144 Å². The van der Waals surface area contributed by atoms with E-state index < -0.39 is 35.3 Å². The average molecular weight is 721 g/mol. The van der Waals surface area contributed by atoms with Crippen molar-refractivity contribution in [2.75, 3.05) is 0 Å². The van der Waals surface area contributed by atoms with Gasteiger partial charge in [-0.1, -0.05) is 0 Å². The fourth-order valence-electron chi connectivity index (χ4n) is 8.01. The second-order valence-corrected chi connectivity index (χ2v) is 57.2. The van der Waals surface area contributed by atoms with Crippen molar-refractivity contribution < 1.29 is 12.4 Å². The molecule has 2 aromatic rings. The number of allylic oxidation sites excluding steroid dienone is 2. The molecule has 2 aliphatic carbocycles. The predicted octanol–water partition coefficient (Wildman–Crippen LogP) is 13.5. The zero-order valence-corrected chi connectivity index (χ0v) is 37.0. The molecular formula is C38H61Cl2Si3Ti. The number of fused-ring (bicyclic) bond motifs is 2. The number of hydrogen-bond acceptors (Lipinski definition) is 0. The molecule has 0 saturated heterocycles. The third-order valence-corrected chi connectivity index (χ3v) is 51.2. The van der Waals surface area contributed by atoms with Crippen molar-refractivity contribution in [2.24, 2.45) is 0 Å². The fraction of sp³-hybridized carbons (Fsp3) is 0.579. The third-order valence-electron chi connectivity index (χ3n) is 10.9. The molecule has 0 aliphatic heterocycles. The number of benzene rings is 2. The maximum atomic E-state index is 8.91. The summed E-state index contributed by atoms with van der Waals surface area (Å²) in [6, 6.07) is 10.1. The number of hydrogen-bond donors (Lipinski definition) is 0. The van der Waals surface area contributed by atoms with Crippen LogP contribution in [0.5, 0.6) is 0 Å². The molecule has 0 amide bonds. The first-order valence-corrected chi connectivity index (χ1v) is 36.0. The van der Waals surface area contributed by atoms with Crippen LogP contribution in [-0.4, -0.2) is 22.8 Å². The normalized spacial score (nSPS) is 20.0. The van der Waals surface area contributed by atoms with Crippen molar-refractivity contribution in [3.63, 3.8) is 0 Å². The minimum absolute atomic E-state index is 0.167. The molecule has 6 heteroatoms. The molecule has 2 atom stereocenters. The van der Waals surface area contributed by atoms with Gasteiger partial charge in [0.1, 0.15) is 0 Å².